The highest BCUT2D eigenvalue weighted by Crippen LogP contribution is 2.35. The maximum atomic E-state index is 3.71. The van der Waals surface area contributed by atoms with Gasteiger partial charge in [0.2, 0.25) is 0 Å². The van der Waals surface area contributed by atoms with Crippen LogP contribution in [0.1, 0.15) is 88.4 Å². The topological polar surface area (TPSA) is 12.0 Å². The number of rotatable bonds is 6. The summed E-state index contributed by atoms with van der Waals surface area (Å²) in [4.78, 5) is 3.05. The van der Waals surface area contributed by atoms with Gasteiger partial charge < -0.3 is 5.32 Å². The minimum absolute atomic E-state index is 0.281. The van der Waals surface area contributed by atoms with Gasteiger partial charge in [0, 0.05) is 15.8 Å². The molecule has 1 atom stereocenters. The molecule has 1 aromatic rings. The van der Waals surface area contributed by atoms with E-state index in [1.807, 2.05) is 11.3 Å². The summed E-state index contributed by atoms with van der Waals surface area (Å²) in [5.74, 6) is 0.988. The van der Waals surface area contributed by atoms with Crippen molar-refractivity contribution >= 4 is 11.3 Å². The number of thiophene rings is 1. The molecule has 1 fully saturated rings. The van der Waals surface area contributed by atoms with Crippen LogP contribution in [0.2, 0.25) is 0 Å². The summed E-state index contributed by atoms with van der Waals surface area (Å²) in [6, 6.07) is 5.27. The molecule has 1 nitrogen and oxygen atoms in total. The molecule has 1 aliphatic carbocycles. The van der Waals surface area contributed by atoms with E-state index in [0.29, 0.717) is 6.04 Å². The fourth-order valence-electron chi connectivity index (χ4n) is 3.41. The van der Waals surface area contributed by atoms with E-state index < -0.39 is 0 Å². The molecule has 2 rings (SSSR count). The van der Waals surface area contributed by atoms with Gasteiger partial charge in [0.25, 0.3) is 0 Å². The highest BCUT2D eigenvalue weighted by molar-refractivity contribution is 7.12. The van der Waals surface area contributed by atoms with Gasteiger partial charge >= 0.3 is 0 Å². The highest BCUT2D eigenvalue weighted by Gasteiger charge is 2.21. The lowest BCUT2D eigenvalue weighted by atomic mass is 9.85. The van der Waals surface area contributed by atoms with Gasteiger partial charge in [0.1, 0.15) is 0 Å². The Morgan fingerprint density at radius 2 is 1.90 bits per heavy atom. The Hall–Kier alpha value is -0.340. The molecule has 0 aliphatic heterocycles. The Morgan fingerprint density at radius 3 is 2.48 bits per heavy atom. The second-order valence-corrected chi connectivity index (χ2v) is 8.76. The van der Waals surface area contributed by atoms with Crippen LogP contribution < -0.4 is 5.32 Å². The van der Waals surface area contributed by atoms with Crippen LogP contribution in [0.4, 0.5) is 0 Å². The van der Waals surface area contributed by atoms with Gasteiger partial charge in [-0.25, -0.2) is 0 Å². The molecule has 120 valence electrons. The minimum Gasteiger partial charge on any atom is -0.310 e. The number of hydrogen-bond donors (Lipinski definition) is 1. The summed E-state index contributed by atoms with van der Waals surface area (Å²) in [6.07, 6.45) is 10.0. The molecule has 0 saturated heterocycles. The molecular weight excluding hydrogens is 274 g/mol. The molecule has 1 unspecified atom stereocenters. The van der Waals surface area contributed by atoms with Crippen molar-refractivity contribution in [2.45, 2.75) is 84.1 Å². The SMILES string of the molecule is CCNC(CCC1CCCCC1)c1ccc(C(C)(C)C)s1. The van der Waals surface area contributed by atoms with Crippen LogP contribution in [0.15, 0.2) is 12.1 Å². The molecule has 1 saturated carbocycles. The Bertz CT molecular complexity index is 409. The quantitative estimate of drug-likeness (QED) is 0.674. The predicted molar refractivity (Wildman–Crippen MR) is 95.2 cm³/mol. The third-order valence-corrected chi connectivity index (χ3v) is 6.37. The van der Waals surface area contributed by atoms with Gasteiger partial charge in [0.05, 0.1) is 0 Å². The van der Waals surface area contributed by atoms with Crippen molar-refractivity contribution in [1.29, 1.82) is 0 Å². The van der Waals surface area contributed by atoms with E-state index in [4.69, 9.17) is 0 Å². The lowest BCUT2D eigenvalue weighted by molar-refractivity contribution is 0.316. The third kappa shape index (κ3) is 5.10. The molecule has 2 heteroatoms. The van der Waals surface area contributed by atoms with Gasteiger partial charge in [0.15, 0.2) is 0 Å². The molecule has 21 heavy (non-hydrogen) atoms. The monoisotopic (exact) mass is 307 g/mol. The van der Waals surface area contributed by atoms with Crippen LogP contribution in [-0.2, 0) is 5.41 Å². The van der Waals surface area contributed by atoms with Crippen molar-refractivity contribution in [3.63, 3.8) is 0 Å². The normalized spacial score (nSPS) is 18.9. The first kappa shape index (κ1) is 17.0. The maximum absolute atomic E-state index is 3.71. The molecule has 0 aromatic carbocycles. The molecule has 1 heterocycles. The van der Waals surface area contributed by atoms with Gasteiger partial charge in [-0.15, -0.1) is 11.3 Å². The second-order valence-electron chi connectivity index (χ2n) is 7.64. The Labute approximate surface area is 135 Å². The van der Waals surface area contributed by atoms with Crippen LogP contribution in [0.25, 0.3) is 0 Å². The molecule has 1 aromatic heterocycles. The van der Waals surface area contributed by atoms with Gasteiger partial charge in [-0.05, 0) is 42.9 Å². The minimum atomic E-state index is 0.281. The Morgan fingerprint density at radius 1 is 1.19 bits per heavy atom. The van der Waals surface area contributed by atoms with Crippen molar-refractivity contribution in [3.05, 3.63) is 21.9 Å². The van der Waals surface area contributed by atoms with Gasteiger partial charge in [-0.2, -0.15) is 0 Å². The molecular formula is C19H33NS. The summed E-state index contributed by atoms with van der Waals surface area (Å²) in [5, 5.41) is 3.71. The molecule has 1 aliphatic rings. The summed E-state index contributed by atoms with van der Waals surface area (Å²) in [6.45, 7) is 10.2. The van der Waals surface area contributed by atoms with E-state index in [0.717, 1.165) is 12.5 Å². The first-order valence-corrected chi connectivity index (χ1v) is 9.66. The van der Waals surface area contributed by atoms with Gasteiger partial charge in [-0.3, -0.25) is 0 Å². The largest absolute Gasteiger partial charge is 0.310 e. The predicted octanol–water partition coefficient (Wildman–Crippen LogP) is 6.06. The molecule has 0 radical (unpaired) electrons. The summed E-state index contributed by atoms with van der Waals surface area (Å²) >= 11 is 2.01. The fraction of sp³-hybridized carbons (Fsp3) is 0.789. The zero-order valence-corrected chi connectivity index (χ0v) is 15.2. The average Bonchev–Trinajstić information content (AvgIpc) is 2.94. The molecule has 0 amide bonds. The van der Waals surface area contributed by atoms with Crippen molar-refractivity contribution < 1.29 is 0 Å². The van der Waals surface area contributed by atoms with E-state index in [2.05, 4.69) is 45.1 Å². The number of hydrogen-bond acceptors (Lipinski definition) is 2. The zero-order valence-electron chi connectivity index (χ0n) is 14.4. The van der Waals surface area contributed by atoms with Crippen LogP contribution in [0.3, 0.4) is 0 Å². The van der Waals surface area contributed by atoms with E-state index in [-0.39, 0.29) is 5.41 Å². The molecule has 1 N–H and O–H groups in total. The fourth-order valence-corrected chi connectivity index (χ4v) is 4.59. The summed E-state index contributed by atoms with van der Waals surface area (Å²) in [5.41, 5.74) is 0.281. The van der Waals surface area contributed by atoms with Crippen molar-refractivity contribution in [2.24, 2.45) is 5.92 Å². The second kappa shape index (κ2) is 7.78. The number of nitrogens with one attached hydrogen (secondary N) is 1. The van der Waals surface area contributed by atoms with Crippen molar-refractivity contribution in [1.82, 2.24) is 5.32 Å². The lowest BCUT2D eigenvalue weighted by Gasteiger charge is -2.24. The standard InChI is InChI=1S/C19H33NS/c1-5-20-16(12-11-15-9-7-6-8-10-15)17-13-14-18(21-17)19(2,3)4/h13-16,20H,5-12H2,1-4H3. The highest BCUT2D eigenvalue weighted by atomic mass is 32.1. The first-order chi connectivity index (χ1) is 10.0. The smallest absolute Gasteiger partial charge is 0.0414 e. The average molecular weight is 308 g/mol. The van der Waals surface area contributed by atoms with E-state index in [1.165, 1.54) is 54.7 Å². The molecule has 0 spiro atoms. The Balaban J connectivity index is 1.95. The van der Waals surface area contributed by atoms with Gasteiger partial charge in [-0.1, -0.05) is 59.8 Å². The van der Waals surface area contributed by atoms with Crippen LogP contribution in [0, 0.1) is 5.92 Å². The molecule has 0 bridgehead atoms. The first-order valence-electron chi connectivity index (χ1n) is 8.84. The van der Waals surface area contributed by atoms with E-state index in [1.54, 1.807) is 0 Å². The summed E-state index contributed by atoms with van der Waals surface area (Å²) < 4.78 is 0. The van der Waals surface area contributed by atoms with Crippen molar-refractivity contribution in [3.8, 4) is 0 Å². The third-order valence-electron chi connectivity index (χ3n) is 4.75. The maximum Gasteiger partial charge on any atom is 0.0414 e. The Kier molecular flexibility index (Phi) is 6.31. The van der Waals surface area contributed by atoms with Crippen molar-refractivity contribution in [2.75, 3.05) is 6.54 Å². The van der Waals surface area contributed by atoms with E-state index in [9.17, 15) is 0 Å². The van der Waals surface area contributed by atoms with Crippen LogP contribution in [0.5, 0.6) is 0 Å². The van der Waals surface area contributed by atoms with E-state index >= 15 is 0 Å². The van der Waals surface area contributed by atoms with Crippen LogP contribution >= 0.6 is 11.3 Å². The summed E-state index contributed by atoms with van der Waals surface area (Å²) in [7, 11) is 0. The lowest BCUT2D eigenvalue weighted by Crippen LogP contribution is -2.21. The van der Waals surface area contributed by atoms with Crippen LogP contribution in [-0.4, -0.2) is 6.54 Å². The zero-order chi connectivity index (χ0) is 15.3.